The van der Waals surface area contributed by atoms with E-state index in [4.69, 9.17) is 5.11 Å². The molecule has 1 fully saturated rings. The van der Waals surface area contributed by atoms with Crippen LogP contribution in [0.15, 0.2) is 24.3 Å². The number of nitrogens with one attached hydrogen (secondary N) is 2. The van der Waals surface area contributed by atoms with Crippen molar-refractivity contribution in [3.8, 4) is 5.75 Å². The number of rotatable bonds is 3. The number of hydrogen-bond acceptors (Lipinski definition) is 3. The molecule has 92 valence electrons. The van der Waals surface area contributed by atoms with Crippen molar-refractivity contribution in [1.82, 2.24) is 10.6 Å². The largest absolute Gasteiger partial charge is 0.508 e. The summed E-state index contributed by atoms with van der Waals surface area (Å²) in [5.74, 6) is 0.607. The number of amides is 1. The van der Waals surface area contributed by atoms with Crippen molar-refractivity contribution in [2.45, 2.75) is 19.4 Å². The number of carbonyl (C=O) groups is 1. The lowest BCUT2D eigenvalue weighted by Crippen LogP contribution is -2.38. The minimum Gasteiger partial charge on any atom is -0.508 e. The van der Waals surface area contributed by atoms with Crippen LogP contribution in [0, 0.1) is 5.92 Å². The van der Waals surface area contributed by atoms with Crippen LogP contribution in [-0.4, -0.2) is 30.1 Å². The molecule has 1 amide bonds. The van der Waals surface area contributed by atoms with Crippen LogP contribution in [0.3, 0.4) is 0 Å². The summed E-state index contributed by atoms with van der Waals surface area (Å²) in [6, 6.07) is 6.48. The van der Waals surface area contributed by atoms with E-state index in [1.807, 2.05) is 6.92 Å². The van der Waals surface area contributed by atoms with E-state index in [2.05, 4.69) is 10.6 Å². The fourth-order valence-electron chi connectivity index (χ4n) is 2.12. The van der Waals surface area contributed by atoms with Crippen LogP contribution in [-0.2, 0) is 0 Å². The van der Waals surface area contributed by atoms with E-state index in [1.165, 1.54) is 12.1 Å². The van der Waals surface area contributed by atoms with Gasteiger partial charge >= 0.3 is 0 Å². The van der Waals surface area contributed by atoms with Crippen LogP contribution in [0.1, 0.15) is 23.7 Å². The molecular formula is C13H18N2O2. The highest BCUT2D eigenvalue weighted by Gasteiger charge is 2.22. The smallest absolute Gasteiger partial charge is 0.251 e. The summed E-state index contributed by atoms with van der Waals surface area (Å²) in [4.78, 5) is 11.9. The van der Waals surface area contributed by atoms with E-state index in [1.54, 1.807) is 12.1 Å². The Labute approximate surface area is 101 Å². The summed E-state index contributed by atoms with van der Waals surface area (Å²) < 4.78 is 0. The van der Waals surface area contributed by atoms with Gasteiger partial charge in [-0.25, -0.2) is 0 Å². The summed E-state index contributed by atoms with van der Waals surface area (Å²) >= 11 is 0. The van der Waals surface area contributed by atoms with Gasteiger partial charge in [0, 0.05) is 11.6 Å². The van der Waals surface area contributed by atoms with Gasteiger partial charge in [-0.3, -0.25) is 4.79 Å². The highest BCUT2D eigenvalue weighted by atomic mass is 16.3. The molecule has 1 heterocycles. The predicted octanol–water partition coefficient (Wildman–Crippen LogP) is 1.12. The summed E-state index contributed by atoms with van der Waals surface area (Å²) in [7, 11) is 0. The van der Waals surface area contributed by atoms with Crippen molar-refractivity contribution >= 4 is 5.91 Å². The van der Waals surface area contributed by atoms with E-state index in [9.17, 15) is 4.79 Å². The third-order valence-electron chi connectivity index (χ3n) is 3.29. The SMILES string of the molecule is CC(NC(=O)c1ccc(O)cc1)C1CCNC1. The Hall–Kier alpha value is -1.55. The van der Waals surface area contributed by atoms with Crippen molar-refractivity contribution in [2.75, 3.05) is 13.1 Å². The maximum atomic E-state index is 11.9. The van der Waals surface area contributed by atoms with Crippen LogP contribution in [0.25, 0.3) is 0 Å². The van der Waals surface area contributed by atoms with E-state index < -0.39 is 0 Å². The average Bonchev–Trinajstić information content (AvgIpc) is 2.83. The molecule has 0 aromatic heterocycles. The minimum atomic E-state index is -0.0793. The number of benzene rings is 1. The van der Waals surface area contributed by atoms with Crippen LogP contribution >= 0.6 is 0 Å². The molecule has 2 rings (SSSR count). The molecule has 0 bridgehead atoms. The minimum absolute atomic E-state index is 0.0793. The molecule has 0 saturated carbocycles. The molecule has 1 aromatic carbocycles. The Morgan fingerprint density at radius 2 is 2.18 bits per heavy atom. The van der Waals surface area contributed by atoms with Gasteiger partial charge in [-0.1, -0.05) is 0 Å². The molecule has 1 aliphatic heterocycles. The van der Waals surface area contributed by atoms with Crippen molar-refractivity contribution < 1.29 is 9.90 Å². The van der Waals surface area contributed by atoms with E-state index in [0.29, 0.717) is 11.5 Å². The maximum Gasteiger partial charge on any atom is 0.251 e. The first-order valence-corrected chi connectivity index (χ1v) is 5.97. The topological polar surface area (TPSA) is 61.4 Å². The number of hydrogen-bond donors (Lipinski definition) is 3. The lowest BCUT2D eigenvalue weighted by atomic mass is 10.0. The normalized spacial score (nSPS) is 21.1. The molecular weight excluding hydrogens is 216 g/mol. The monoisotopic (exact) mass is 234 g/mol. The molecule has 4 heteroatoms. The van der Waals surface area contributed by atoms with Gasteiger partial charge in [-0.15, -0.1) is 0 Å². The molecule has 17 heavy (non-hydrogen) atoms. The lowest BCUT2D eigenvalue weighted by Gasteiger charge is -2.19. The Kier molecular flexibility index (Phi) is 3.64. The molecule has 0 radical (unpaired) electrons. The second kappa shape index (κ2) is 5.19. The van der Waals surface area contributed by atoms with Crippen LogP contribution < -0.4 is 10.6 Å². The highest BCUT2D eigenvalue weighted by molar-refractivity contribution is 5.94. The van der Waals surface area contributed by atoms with Crippen molar-refractivity contribution in [3.63, 3.8) is 0 Å². The Morgan fingerprint density at radius 1 is 1.47 bits per heavy atom. The molecule has 2 atom stereocenters. The van der Waals surface area contributed by atoms with Crippen molar-refractivity contribution in [3.05, 3.63) is 29.8 Å². The van der Waals surface area contributed by atoms with Crippen LogP contribution in [0.5, 0.6) is 5.75 Å². The number of phenolic OH excluding ortho intramolecular Hbond substituents is 1. The first-order valence-electron chi connectivity index (χ1n) is 5.97. The van der Waals surface area contributed by atoms with Crippen molar-refractivity contribution in [2.24, 2.45) is 5.92 Å². The first-order chi connectivity index (χ1) is 8.16. The maximum absolute atomic E-state index is 11.9. The molecule has 4 nitrogen and oxygen atoms in total. The summed E-state index contributed by atoms with van der Waals surface area (Å²) in [5, 5.41) is 15.4. The predicted molar refractivity (Wildman–Crippen MR) is 66.0 cm³/mol. The fraction of sp³-hybridized carbons (Fsp3) is 0.462. The molecule has 3 N–H and O–H groups in total. The summed E-state index contributed by atoms with van der Waals surface area (Å²) in [6.45, 7) is 4.04. The summed E-state index contributed by atoms with van der Waals surface area (Å²) in [5.41, 5.74) is 0.584. The molecule has 2 unspecified atom stereocenters. The zero-order chi connectivity index (χ0) is 12.3. The zero-order valence-electron chi connectivity index (χ0n) is 9.94. The summed E-state index contributed by atoms with van der Waals surface area (Å²) in [6.07, 6.45) is 1.11. The van der Waals surface area contributed by atoms with Gasteiger partial charge in [-0.05, 0) is 56.6 Å². The highest BCUT2D eigenvalue weighted by Crippen LogP contribution is 2.14. The quantitative estimate of drug-likeness (QED) is 0.734. The van der Waals surface area contributed by atoms with Gasteiger partial charge in [0.1, 0.15) is 5.75 Å². The third kappa shape index (κ3) is 2.97. The second-order valence-electron chi connectivity index (χ2n) is 4.56. The van der Waals surface area contributed by atoms with Gasteiger partial charge in [-0.2, -0.15) is 0 Å². The fourth-order valence-corrected chi connectivity index (χ4v) is 2.12. The van der Waals surface area contributed by atoms with Gasteiger partial charge in [0.05, 0.1) is 0 Å². The Morgan fingerprint density at radius 3 is 2.76 bits per heavy atom. The molecule has 0 spiro atoms. The standard InChI is InChI=1S/C13H18N2O2/c1-9(11-6-7-14-8-11)15-13(17)10-2-4-12(16)5-3-10/h2-5,9,11,14,16H,6-8H2,1H3,(H,15,17). The molecule has 1 aliphatic rings. The second-order valence-corrected chi connectivity index (χ2v) is 4.56. The van der Waals surface area contributed by atoms with Crippen LogP contribution in [0.2, 0.25) is 0 Å². The van der Waals surface area contributed by atoms with Gasteiger partial charge < -0.3 is 15.7 Å². The number of aromatic hydroxyl groups is 1. The van der Waals surface area contributed by atoms with Gasteiger partial charge in [0.25, 0.3) is 5.91 Å². The van der Waals surface area contributed by atoms with Crippen molar-refractivity contribution in [1.29, 1.82) is 0 Å². The zero-order valence-corrected chi connectivity index (χ0v) is 9.94. The Balaban J connectivity index is 1.94. The van der Waals surface area contributed by atoms with E-state index in [-0.39, 0.29) is 17.7 Å². The molecule has 1 aromatic rings. The number of carbonyl (C=O) groups excluding carboxylic acids is 1. The van der Waals surface area contributed by atoms with E-state index in [0.717, 1.165) is 19.5 Å². The van der Waals surface area contributed by atoms with Crippen LogP contribution in [0.4, 0.5) is 0 Å². The lowest BCUT2D eigenvalue weighted by molar-refractivity contribution is 0.0929. The molecule has 1 saturated heterocycles. The molecule has 0 aliphatic carbocycles. The first kappa shape index (κ1) is 11.9. The third-order valence-corrected chi connectivity index (χ3v) is 3.29. The van der Waals surface area contributed by atoms with E-state index >= 15 is 0 Å². The Bertz CT molecular complexity index is 383. The number of phenols is 1. The van der Waals surface area contributed by atoms with Gasteiger partial charge in [0.15, 0.2) is 0 Å². The average molecular weight is 234 g/mol. The van der Waals surface area contributed by atoms with Gasteiger partial charge in [0.2, 0.25) is 0 Å².